The minimum absolute atomic E-state index is 0.0870. The summed E-state index contributed by atoms with van der Waals surface area (Å²) >= 11 is 0. The molecule has 1 fully saturated rings. The largest absolute Gasteiger partial charge is 0.331 e. The molecule has 2 aliphatic heterocycles. The predicted molar refractivity (Wildman–Crippen MR) is 104 cm³/mol. The van der Waals surface area contributed by atoms with Crippen molar-refractivity contribution in [2.45, 2.75) is 71.0 Å². The van der Waals surface area contributed by atoms with E-state index in [0.717, 1.165) is 76.9 Å². The summed E-state index contributed by atoms with van der Waals surface area (Å²) in [6.45, 7) is 5.13. The van der Waals surface area contributed by atoms with Gasteiger partial charge in [0.05, 0.1) is 11.4 Å². The highest BCUT2D eigenvalue weighted by Crippen LogP contribution is 2.23. The Morgan fingerprint density at radius 3 is 2.81 bits per heavy atom. The second kappa shape index (κ2) is 7.23. The van der Waals surface area contributed by atoms with E-state index in [-0.39, 0.29) is 5.56 Å². The molecule has 0 aromatic carbocycles. The summed E-state index contributed by atoms with van der Waals surface area (Å²) in [7, 11) is 0. The molecule has 2 aromatic heterocycles. The molecule has 6 nitrogen and oxygen atoms in total. The molecule has 0 saturated carbocycles. The minimum atomic E-state index is 0.0870. The Balaban J connectivity index is 1.19. The van der Waals surface area contributed by atoms with Crippen LogP contribution in [0.4, 0.5) is 0 Å². The van der Waals surface area contributed by atoms with Crippen LogP contribution < -0.4 is 5.56 Å². The number of fused-ring (bicyclic) bond motifs is 2. The summed E-state index contributed by atoms with van der Waals surface area (Å²) in [6, 6.07) is 1.83. The Kier molecular flexibility index (Phi) is 4.60. The molecule has 3 aliphatic rings. The predicted octanol–water partition coefficient (Wildman–Crippen LogP) is 2.18. The Bertz CT molecular complexity index is 875. The Hall–Kier alpha value is -1.95. The summed E-state index contributed by atoms with van der Waals surface area (Å²) in [5, 5.41) is 4.65. The molecule has 0 radical (unpaired) electrons. The average molecular weight is 367 g/mol. The fourth-order valence-electron chi connectivity index (χ4n) is 4.98. The summed E-state index contributed by atoms with van der Waals surface area (Å²) in [6.07, 6.45) is 11.3. The molecule has 1 aliphatic carbocycles. The van der Waals surface area contributed by atoms with Crippen molar-refractivity contribution in [3.63, 3.8) is 0 Å². The molecule has 27 heavy (non-hydrogen) atoms. The average Bonchev–Trinajstić information content (AvgIpc) is 3.30. The fourth-order valence-corrected chi connectivity index (χ4v) is 4.98. The van der Waals surface area contributed by atoms with Gasteiger partial charge in [-0.1, -0.05) is 0 Å². The molecule has 2 aromatic rings. The maximum Gasteiger partial charge on any atom is 0.267 e. The van der Waals surface area contributed by atoms with Gasteiger partial charge < -0.3 is 4.57 Å². The highest BCUT2D eigenvalue weighted by atomic mass is 16.1. The van der Waals surface area contributed by atoms with Crippen molar-refractivity contribution in [1.82, 2.24) is 24.2 Å². The van der Waals surface area contributed by atoms with Crippen LogP contribution in [-0.2, 0) is 38.9 Å². The van der Waals surface area contributed by atoms with Crippen LogP contribution in [0.3, 0.4) is 0 Å². The van der Waals surface area contributed by atoms with Crippen LogP contribution in [0.2, 0.25) is 0 Å². The highest BCUT2D eigenvalue weighted by molar-refractivity contribution is 5.22. The third-order valence-electron chi connectivity index (χ3n) is 6.60. The normalized spacial score (nSPS) is 20.6. The number of hydrogen-bond acceptors (Lipinski definition) is 4. The first-order valence-electron chi connectivity index (χ1n) is 10.6. The van der Waals surface area contributed by atoms with Crippen molar-refractivity contribution in [2.24, 2.45) is 5.92 Å². The number of nitrogens with zero attached hydrogens (tertiary/aromatic N) is 5. The van der Waals surface area contributed by atoms with Crippen LogP contribution in [0.25, 0.3) is 0 Å². The Labute approximate surface area is 160 Å². The van der Waals surface area contributed by atoms with E-state index in [0.29, 0.717) is 5.92 Å². The van der Waals surface area contributed by atoms with Gasteiger partial charge in [0, 0.05) is 38.3 Å². The molecule has 0 N–H and O–H groups in total. The quantitative estimate of drug-likeness (QED) is 0.831. The first kappa shape index (κ1) is 17.2. The number of piperidine rings is 1. The van der Waals surface area contributed by atoms with E-state index in [2.05, 4.69) is 25.7 Å². The summed E-state index contributed by atoms with van der Waals surface area (Å²) in [5.74, 6) is 1.83. The van der Waals surface area contributed by atoms with Gasteiger partial charge in [-0.3, -0.25) is 9.69 Å². The number of aromatic nitrogens is 4. The number of likely N-dealkylation sites (tertiary alicyclic amines) is 1. The number of rotatable bonds is 4. The van der Waals surface area contributed by atoms with Gasteiger partial charge in [-0.25, -0.2) is 9.67 Å². The van der Waals surface area contributed by atoms with Crippen molar-refractivity contribution >= 4 is 0 Å². The first-order chi connectivity index (χ1) is 13.3. The van der Waals surface area contributed by atoms with E-state index < -0.39 is 0 Å². The summed E-state index contributed by atoms with van der Waals surface area (Å²) in [5.41, 5.74) is 3.79. The monoisotopic (exact) mass is 367 g/mol. The van der Waals surface area contributed by atoms with E-state index in [1.54, 1.807) is 4.68 Å². The lowest BCUT2D eigenvalue weighted by Gasteiger charge is -2.32. The zero-order chi connectivity index (χ0) is 18.2. The zero-order valence-corrected chi connectivity index (χ0v) is 16.1. The van der Waals surface area contributed by atoms with Crippen LogP contribution >= 0.6 is 0 Å². The van der Waals surface area contributed by atoms with E-state index in [1.165, 1.54) is 29.9 Å². The van der Waals surface area contributed by atoms with E-state index in [4.69, 9.17) is 0 Å². The van der Waals surface area contributed by atoms with Gasteiger partial charge in [0.1, 0.15) is 5.82 Å². The summed E-state index contributed by atoms with van der Waals surface area (Å²) < 4.78 is 4.17. The van der Waals surface area contributed by atoms with Gasteiger partial charge in [-0.15, -0.1) is 0 Å². The summed E-state index contributed by atoms with van der Waals surface area (Å²) in [4.78, 5) is 19.5. The van der Waals surface area contributed by atoms with Crippen LogP contribution in [0, 0.1) is 5.92 Å². The van der Waals surface area contributed by atoms with Crippen molar-refractivity contribution < 1.29 is 0 Å². The van der Waals surface area contributed by atoms with Gasteiger partial charge in [-0.05, 0) is 69.5 Å². The second-order valence-electron chi connectivity index (χ2n) is 8.48. The topological polar surface area (TPSA) is 56.0 Å². The third-order valence-corrected chi connectivity index (χ3v) is 6.60. The van der Waals surface area contributed by atoms with Crippen molar-refractivity contribution in [3.8, 4) is 0 Å². The Morgan fingerprint density at radius 1 is 1.04 bits per heavy atom. The smallest absolute Gasteiger partial charge is 0.267 e. The third kappa shape index (κ3) is 3.47. The van der Waals surface area contributed by atoms with Gasteiger partial charge >= 0.3 is 0 Å². The fraction of sp³-hybridized carbons (Fsp3) is 0.667. The van der Waals surface area contributed by atoms with E-state index >= 15 is 0 Å². The number of aryl methyl sites for hydroxylation is 3. The van der Waals surface area contributed by atoms with Crippen molar-refractivity contribution in [3.05, 3.63) is 45.4 Å². The van der Waals surface area contributed by atoms with Gasteiger partial charge in [0.15, 0.2) is 0 Å². The van der Waals surface area contributed by atoms with E-state index in [1.807, 2.05) is 6.07 Å². The van der Waals surface area contributed by atoms with Crippen LogP contribution in [0.15, 0.2) is 17.1 Å². The molecule has 0 amide bonds. The first-order valence-corrected chi connectivity index (χ1v) is 10.6. The lowest BCUT2D eigenvalue weighted by atomic mass is 9.96. The maximum atomic E-state index is 12.3. The van der Waals surface area contributed by atoms with Crippen LogP contribution in [0.1, 0.15) is 54.9 Å². The number of imidazole rings is 1. The highest BCUT2D eigenvalue weighted by Gasteiger charge is 2.23. The second-order valence-corrected chi connectivity index (χ2v) is 8.48. The molecule has 144 valence electrons. The molecule has 0 bridgehead atoms. The molecule has 4 heterocycles. The molecule has 6 heteroatoms. The van der Waals surface area contributed by atoms with Gasteiger partial charge in [0.25, 0.3) is 5.56 Å². The minimum Gasteiger partial charge on any atom is -0.331 e. The Morgan fingerprint density at radius 2 is 1.93 bits per heavy atom. The lowest BCUT2D eigenvalue weighted by molar-refractivity contribution is 0.160. The molecule has 5 rings (SSSR count). The van der Waals surface area contributed by atoms with Crippen LogP contribution in [0.5, 0.6) is 0 Å². The standard InChI is InChI=1S/C21H29N5O/c27-21-12-17-4-3-5-19(17)23-26(21)14-16-7-10-24(11-8-16)15-18-13-22-20-6-1-2-9-25(18)20/h12-13,16H,1-11,14-15H2. The van der Waals surface area contributed by atoms with Gasteiger partial charge in [0.2, 0.25) is 0 Å². The number of hydrogen-bond donors (Lipinski definition) is 0. The molecule has 1 saturated heterocycles. The maximum absolute atomic E-state index is 12.3. The SMILES string of the molecule is O=c1cc2c(nn1CC1CCN(Cc3cnc4n3CCCC4)CC1)CCC2. The molecule has 0 unspecified atom stereocenters. The van der Waals surface area contributed by atoms with E-state index in [9.17, 15) is 4.79 Å². The van der Waals surface area contributed by atoms with Crippen LogP contribution in [-0.4, -0.2) is 37.3 Å². The van der Waals surface area contributed by atoms with Crippen molar-refractivity contribution in [1.29, 1.82) is 0 Å². The molecular weight excluding hydrogens is 338 g/mol. The lowest BCUT2D eigenvalue weighted by Crippen LogP contribution is -2.37. The molecular formula is C21H29N5O. The molecule has 0 spiro atoms. The molecule has 0 atom stereocenters. The van der Waals surface area contributed by atoms with Crippen molar-refractivity contribution in [2.75, 3.05) is 13.1 Å². The zero-order valence-electron chi connectivity index (χ0n) is 16.1. The van der Waals surface area contributed by atoms with Gasteiger partial charge in [-0.2, -0.15) is 5.10 Å².